The van der Waals surface area contributed by atoms with Gasteiger partial charge in [-0.15, -0.1) is 0 Å². The standard InChI is InChI=1S/C12H18BrN3O2/c1-17-6-5-12(3-4-12)8-15-11-14-7-9(13)10(16-11)18-2/h7H,3-6,8H2,1-2H3,(H,14,15,16). The number of halogens is 1. The van der Waals surface area contributed by atoms with Gasteiger partial charge in [0, 0.05) is 20.3 Å². The second kappa shape index (κ2) is 5.84. The zero-order chi connectivity index (χ0) is 13.0. The first-order chi connectivity index (χ1) is 8.69. The molecule has 0 atom stereocenters. The molecular weight excluding hydrogens is 298 g/mol. The fourth-order valence-corrected chi connectivity index (χ4v) is 2.21. The molecule has 0 radical (unpaired) electrons. The first-order valence-electron chi connectivity index (χ1n) is 5.98. The lowest BCUT2D eigenvalue weighted by Gasteiger charge is -2.15. The number of ether oxygens (including phenoxy) is 2. The molecule has 0 amide bonds. The summed E-state index contributed by atoms with van der Waals surface area (Å²) >= 11 is 3.33. The minimum absolute atomic E-state index is 0.375. The third-order valence-corrected chi connectivity index (χ3v) is 3.86. The van der Waals surface area contributed by atoms with Gasteiger partial charge in [0.25, 0.3) is 0 Å². The van der Waals surface area contributed by atoms with Crippen LogP contribution >= 0.6 is 15.9 Å². The smallest absolute Gasteiger partial charge is 0.232 e. The molecule has 1 fully saturated rings. The summed E-state index contributed by atoms with van der Waals surface area (Å²) in [4.78, 5) is 8.50. The molecule has 1 aromatic heterocycles. The van der Waals surface area contributed by atoms with Crippen molar-refractivity contribution in [3.8, 4) is 5.88 Å². The van der Waals surface area contributed by atoms with Crippen molar-refractivity contribution in [2.24, 2.45) is 5.41 Å². The van der Waals surface area contributed by atoms with Crippen LogP contribution in [0.3, 0.4) is 0 Å². The van der Waals surface area contributed by atoms with E-state index in [4.69, 9.17) is 9.47 Å². The largest absolute Gasteiger partial charge is 0.480 e. The lowest BCUT2D eigenvalue weighted by molar-refractivity contribution is 0.174. The molecular formula is C12H18BrN3O2. The Morgan fingerprint density at radius 3 is 2.83 bits per heavy atom. The van der Waals surface area contributed by atoms with Gasteiger partial charge in [0.05, 0.1) is 17.8 Å². The molecule has 0 saturated heterocycles. The van der Waals surface area contributed by atoms with Crippen LogP contribution in [-0.4, -0.2) is 37.3 Å². The van der Waals surface area contributed by atoms with E-state index in [1.807, 2.05) is 0 Å². The predicted molar refractivity (Wildman–Crippen MR) is 72.9 cm³/mol. The molecule has 0 bridgehead atoms. The highest BCUT2D eigenvalue weighted by Crippen LogP contribution is 2.48. The summed E-state index contributed by atoms with van der Waals surface area (Å²) in [5.41, 5.74) is 0.375. The molecule has 5 nitrogen and oxygen atoms in total. The molecule has 0 aliphatic heterocycles. The van der Waals surface area contributed by atoms with E-state index >= 15 is 0 Å². The van der Waals surface area contributed by atoms with Crippen LogP contribution in [-0.2, 0) is 4.74 Å². The molecule has 1 N–H and O–H groups in total. The van der Waals surface area contributed by atoms with Crippen LogP contribution in [0, 0.1) is 5.41 Å². The molecule has 1 aliphatic carbocycles. The Morgan fingerprint density at radius 1 is 1.44 bits per heavy atom. The number of rotatable bonds is 7. The highest BCUT2D eigenvalue weighted by Gasteiger charge is 2.41. The van der Waals surface area contributed by atoms with Gasteiger partial charge in [0.15, 0.2) is 0 Å². The van der Waals surface area contributed by atoms with Crippen LogP contribution in [0.25, 0.3) is 0 Å². The number of hydrogen-bond donors (Lipinski definition) is 1. The van der Waals surface area contributed by atoms with Crippen LogP contribution in [0.4, 0.5) is 5.95 Å². The van der Waals surface area contributed by atoms with Crippen LogP contribution in [0.2, 0.25) is 0 Å². The fraction of sp³-hybridized carbons (Fsp3) is 0.667. The molecule has 0 spiro atoms. The summed E-state index contributed by atoms with van der Waals surface area (Å²) in [5, 5.41) is 3.28. The average molecular weight is 316 g/mol. The van der Waals surface area contributed by atoms with Gasteiger partial charge < -0.3 is 14.8 Å². The number of methoxy groups -OCH3 is 2. The average Bonchev–Trinajstić information content (AvgIpc) is 3.16. The van der Waals surface area contributed by atoms with E-state index in [2.05, 4.69) is 31.2 Å². The topological polar surface area (TPSA) is 56.3 Å². The number of nitrogens with one attached hydrogen (secondary N) is 1. The Bertz CT molecular complexity index is 410. The number of anilines is 1. The predicted octanol–water partition coefficient (Wildman–Crippen LogP) is 2.48. The first-order valence-corrected chi connectivity index (χ1v) is 6.78. The van der Waals surface area contributed by atoms with Gasteiger partial charge in [-0.1, -0.05) is 0 Å². The Labute approximate surface area is 115 Å². The van der Waals surface area contributed by atoms with Gasteiger partial charge in [0.1, 0.15) is 0 Å². The van der Waals surface area contributed by atoms with E-state index in [0.29, 0.717) is 17.2 Å². The molecule has 2 rings (SSSR count). The van der Waals surface area contributed by atoms with Crippen molar-refractivity contribution in [1.29, 1.82) is 0 Å². The normalized spacial score (nSPS) is 16.4. The minimum Gasteiger partial charge on any atom is -0.480 e. The van der Waals surface area contributed by atoms with Crippen molar-refractivity contribution >= 4 is 21.9 Å². The molecule has 1 aliphatic rings. The molecule has 18 heavy (non-hydrogen) atoms. The summed E-state index contributed by atoms with van der Waals surface area (Å²) in [7, 11) is 3.34. The minimum atomic E-state index is 0.375. The van der Waals surface area contributed by atoms with Crippen molar-refractivity contribution in [1.82, 2.24) is 9.97 Å². The fourth-order valence-electron chi connectivity index (χ4n) is 1.86. The third-order valence-electron chi connectivity index (χ3n) is 3.32. The molecule has 1 heterocycles. The molecule has 0 unspecified atom stereocenters. The van der Waals surface area contributed by atoms with Crippen molar-refractivity contribution in [3.05, 3.63) is 10.7 Å². The Hall–Kier alpha value is -0.880. The van der Waals surface area contributed by atoms with Crippen molar-refractivity contribution in [2.45, 2.75) is 19.3 Å². The first kappa shape index (κ1) is 13.5. The van der Waals surface area contributed by atoms with Crippen molar-refractivity contribution < 1.29 is 9.47 Å². The van der Waals surface area contributed by atoms with Crippen LogP contribution in [0.5, 0.6) is 5.88 Å². The van der Waals surface area contributed by atoms with Crippen molar-refractivity contribution in [2.75, 3.05) is 32.7 Å². The molecule has 6 heteroatoms. The third kappa shape index (κ3) is 3.32. The Balaban J connectivity index is 1.90. The second-order valence-corrected chi connectivity index (χ2v) is 5.50. The summed E-state index contributed by atoms with van der Waals surface area (Å²) in [6.07, 6.45) is 5.28. The summed E-state index contributed by atoms with van der Waals surface area (Å²) in [6.45, 7) is 1.70. The Morgan fingerprint density at radius 2 is 2.22 bits per heavy atom. The van der Waals surface area contributed by atoms with E-state index in [1.165, 1.54) is 12.8 Å². The van der Waals surface area contributed by atoms with Gasteiger partial charge >= 0.3 is 0 Å². The summed E-state index contributed by atoms with van der Waals surface area (Å²) in [5.74, 6) is 1.16. The quantitative estimate of drug-likeness (QED) is 0.837. The molecule has 1 saturated carbocycles. The van der Waals surface area contributed by atoms with E-state index in [9.17, 15) is 0 Å². The van der Waals surface area contributed by atoms with Gasteiger partial charge in [-0.05, 0) is 40.6 Å². The number of aromatic nitrogens is 2. The van der Waals surface area contributed by atoms with Crippen LogP contribution in [0.1, 0.15) is 19.3 Å². The van der Waals surface area contributed by atoms with E-state index in [1.54, 1.807) is 20.4 Å². The van der Waals surface area contributed by atoms with E-state index in [-0.39, 0.29) is 0 Å². The second-order valence-electron chi connectivity index (χ2n) is 4.65. The number of hydrogen-bond acceptors (Lipinski definition) is 5. The highest BCUT2D eigenvalue weighted by atomic mass is 79.9. The van der Waals surface area contributed by atoms with E-state index < -0.39 is 0 Å². The highest BCUT2D eigenvalue weighted by molar-refractivity contribution is 9.10. The monoisotopic (exact) mass is 315 g/mol. The SMILES string of the molecule is COCCC1(CNc2ncc(Br)c(OC)n2)CC1. The van der Waals surface area contributed by atoms with Gasteiger partial charge in [-0.3, -0.25) is 0 Å². The maximum absolute atomic E-state index is 5.14. The van der Waals surface area contributed by atoms with Crippen LogP contribution < -0.4 is 10.1 Å². The van der Waals surface area contributed by atoms with Crippen LogP contribution in [0.15, 0.2) is 10.7 Å². The maximum atomic E-state index is 5.14. The molecule has 1 aromatic rings. The van der Waals surface area contributed by atoms with E-state index in [0.717, 1.165) is 24.0 Å². The zero-order valence-electron chi connectivity index (χ0n) is 10.7. The van der Waals surface area contributed by atoms with Gasteiger partial charge in [0.2, 0.25) is 11.8 Å². The molecule has 100 valence electrons. The lowest BCUT2D eigenvalue weighted by Crippen LogP contribution is -2.18. The molecule has 0 aromatic carbocycles. The van der Waals surface area contributed by atoms with Crippen molar-refractivity contribution in [3.63, 3.8) is 0 Å². The zero-order valence-corrected chi connectivity index (χ0v) is 12.3. The number of nitrogens with zero attached hydrogens (tertiary/aromatic N) is 2. The van der Waals surface area contributed by atoms with Gasteiger partial charge in [-0.25, -0.2) is 4.98 Å². The maximum Gasteiger partial charge on any atom is 0.232 e. The lowest BCUT2D eigenvalue weighted by atomic mass is 10.0. The summed E-state index contributed by atoms with van der Waals surface area (Å²) in [6, 6.07) is 0. The van der Waals surface area contributed by atoms with Gasteiger partial charge in [-0.2, -0.15) is 4.98 Å². The Kier molecular flexibility index (Phi) is 4.40. The summed E-state index contributed by atoms with van der Waals surface area (Å²) < 4.78 is 11.0.